The topological polar surface area (TPSA) is 119 Å². The maximum atomic E-state index is 13.2. The number of carboxylic acid groups (broad SMARTS) is 1. The van der Waals surface area contributed by atoms with Gasteiger partial charge >= 0.3 is 17.9 Å². The quantitative estimate of drug-likeness (QED) is 0.580. The van der Waals surface area contributed by atoms with E-state index in [0.717, 1.165) is 6.07 Å². The summed E-state index contributed by atoms with van der Waals surface area (Å²) in [6, 6.07) is 3.55. The SMILES string of the molecule is CCOC(=O)C[C@@H](C(=O)OCC)[C@@H](NC(=O)Cc1cccc(F)c1)C(=O)O. The van der Waals surface area contributed by atoms with Crippen LogP contribution in [0.2, 0.25) is 0 Å². The molecule has 8 nitrogen and oxygen atoms in total. The van der Waals surface area contributed by atoms with Crippen molar-refractivity contribution in [2.75, 3.05) is 13.2 Å². The predicted molar refractivity (Wildman–Crippen MR) is 91.0 cm³/mol. The van der Waals surface area contributed by atoms with E-state index in [2.05, 4.69) is 5.32 Å². The number of carboxylic acids is 1. The Morgan fingerprint density at radius 1 is 1.15 bits per heavy atom. The Labute approximate surface area is 155 Å². The van der Waals surface area contributed by atoms with Gasteiger partial charge in [0.05, 0.1) is 32.0 Å². The van der Waals surface area contributed by atoms with Gasteiger partial charge in [0, 0.05) is 0 Å². The molecule has 0 fully saturated rings. The minimum absolute atomic E-state index is 0.0261. The van der Waals surface area contributed by atoms with Gasteiger partial charge < -0.3 is 19.9 Å². The van der Waals surface area contributed by atoms with Crippen LogP contribution >= 0.6 is 0 Å². The van der Waals surface area contributed by atoms with Crippen LogP contribution in [0.3, 0.4) is 0 Å². The van der Waals surface area contributed by atoms with E-state index in [-0.39, 0.29) is 19.6 Å². The van der Waals surface area contributed by atoms with E-state index in [1.54, 1.807) is 6.92 Å². The Morgan fingerprint density at radius 3 is 2.37 bits per heavy atom. The molecule has 0 radical (unpaired) electrons. The molecule has 0 saturated carbocycles. The molecular formula is C18H22FNO7. The standard InChI is InChI=1S/C18H22FNO7/c1-3-26-15(22)10-13(18(25)27-4-2)16(17(23)24)20-14(21)9-11-6-5-7-12(19)8-11/h5-8,13,16H,3-4,9-10H2,1-2H3,(H,20,21)(H,23,24)/t13-,16-/m1/s1. The van der Waals surface area contributed by atoms with Crippen molar-refractivity contribution in [2.24, 2.45) is 5.92 Å². The van der Waals surface area contributed by atoms with Gasteiger partial charge in [-0.3, -0.25) is 14.4 Å². The highest BCUT2D eigenvalue weighted by Gasteiger charge is 2.38. The van der Waals surface area contributed by atoms with Crippen LogP contribution in [-0.4, -0.2) is 48.2 Å². The van der Waals surface area contributed by atoms with E-state index in [0.29, 0.717) is 5.56 Å². The molecule has 148 valence electrons. The zero-order valence-corrected chi connectivity index (χ0v) is 15.1. The van der Waals surface area contributed by atoms with Gasteiger partial charge in [0.25, 0.3) is 0 Å². The second kappa shape index (κ2) is 10.9. The van der Waals surface area contributed by atoms with Crippen LogP contribution < -0.4 is 5.32 Å². The number of nitrogens with one attached hydrogen (secondary N) is 1. The number of hydrogen-bond acceptors (Lipinski definition) is 6. The van der Waals surface area contributed by atoms with Crippen molar-refractivity contribution in [3.63, 3.8) is 0 Å². The maximum Gasteiger partial charge on any atom is 0.327 e. The molecule has 1 aromatic carbocycles. The number of esters is 2. The lowest BCUT2D eigenvalue weighted by Gasteiger charge is -2.22. The molecule has 0 unspecified atom stereocenters. The predicted octanol–water partition coefficient (Wildman–Crippen LogP) is 1.07. The lowest BCUT2D eigenvalue weighted by atomic mass is 9.95. The Morgan fingerprint density at radius 2 is 1.81 bits per heavy atom. The van der Waals surface area contributed by atoms with Crippen molar-refractivity contribution in [1.29, 1.82) is 0 Å². The fraction of sp³-hybridized carbons (Fsp3) is 0.444. The molecule has 1 aromatic rings. The molecule has 0 aromatic heterocycles. The number of hydrogen-bond donors (Lipinski definition) is 2. The lowest BCUT2D eigenvalue weighted by molar-refractivity contribution is -0.160. The monoisotopic (exact) mass is 383 g/mol. The van der Waals surface area contributed by atoms with Crippen molar-refractivity contribution < 1.29 is 38.1 Å². The van der Waals surface area contributed by atoms with Crippen LogP contribution in [-0.2, 0) is 35.1 Å². The maximum absolute atomic E-state index is 13.2. The number of halogens is 1. The van der Waals surface area contributed by atoms with Gasteiger partial charge in [0.2, 0.25) is 5.91 Å². The summed E-state index contributed by atoms with van der Waals surface area (Å²) >= 11 is 0. The van der Waals surface area contributed by atoms with Gasteiger partial charge in [0.15, 0.2) is 0 Å². The number of carbonyl (C=O) groups excluding carboxylic acids is 3. The van der Waals surface area contributed by atoms with E-state index < -0.39 is 48.0 Å². The van der Waals surface area contributed by atoms with Gasteiger partial charge in [-0.05, 0) is 31.5 Å². The molecule has 27 heavy (non-hydrogen) atoms. The lowest BCUT2D eigenvalue weighted by Crippen LogP contribution is -2.50. The first-order valence-corrected chi connectivity index (χ1v) is 8.37. The highest BCUT2D eigenvalue weighted by Crippen LogP contribution is 2.15. The Bertz CT molecular complexity index is 692. The first kappa shape index (κ1) is 22.1. The molecule has 1 amide bonds. The van der Waals surface area contributed by atoms with Crippen LogP contribution in [0.1, 0.15) is 25.8 Å². The van der Waals surface area contributed by atoms with Crippen LogP contribution in [0.25, 0.3) is 0 Å². The number of ether oxygens (including phenoxy) is 2. The van der Waals surface area contributed by atoms with E-state index in [1.165, 1.54) is 25.1 Å². The molecule has 2 atom stereocenters. The largest absolute Gasteiger partial charge is 0.480 e. The van der Waals surface area contributed by atoms with E-state index >= 15 is 0 Å². The molecule has 2 N–H and O–H groups in total. The third kappa shape index (κ3) is 7.43. The highest BCUT2D eigenvalue weighted by molar-refractivity contribution is 5.91. The number of carbonyl (C=O) groups is 4. The highest BCUT2D eigenvalue weighted by atomic mass is 19.1. The summed E-state index contributed by atoms with van der Waals surface area (Å²) in [4.78, 5) is 47.6. The third-order valence-electron chi connectivity index (χ3n) is 3.52. The van der Waals surface area contributed by atoms with E-state index in [9.17, 15) is 28.7 Å². The molecule has 9 heteroatoms. The molecule has 0 aliphatic heterocycles. The van der Waals surface area contributed by atoms with E-state index in [1.807, 2.05) is 0 Å². The molecule has 0 spiro atoms. The van der Waals surface area contributed by atoms with Crippen molar-refractivity contribution >= 4 is 23.8 Å². The third-order valence-corrected chi connectivity index (χ3v) is 3.52. The Kier molecular flexibility index (Phi) is 8.91. The number of amides is 1. The number of rotatable bonds is 10. The van der Waals surface area contributed by atoms with Gasteiger partial charge in [0.1, 0.15) is 11.9 Å². The van der Waals surface area contributed by atoms with Crippen molar-refractivity contribution in [3.05, 3.63) is 35.6 Å². The first-order valence-electron chi connectivity index (χ1n) is 8.37. The van der Waals surface area contributed by atoms with Crippen molar-refractivity contribution in [2.45, 2.75) is 32.7 Å². The first-order chi connectivity index (χ1) is 12.8. The summed E-state index contributed by atoms with van der Waals surface area (Å²) in [7, 11) is 0. The van der Waals surface area contributed by atoms with Crippen LogP contribution in [0, 0.1) is 11.7 Å². The zero-order valence-electron chi connectivity index (χ0n) is 15.1. The summed E-state index contributed by atoms with van der Waals surface area (Å²) in [5.74, 6) is -5.99. The summed E-state index contributed by atoms with van der Waals surface area (Å²) in [5.41, 5.74) is 0.328. The smallest absolute Gasteiger partial charge is 0.327 e. The zero-order chi connectivity index (χ0) is 20.4. The molecule has 1 rings (SSSR count). The minimum Gasteiger partial charge on any atom is -0.480 e. The number of benzene rings is 1. The molecule has 0 heterocycles. The minimum atomic E-state index is -1.70. The second-order valence-corrected chi connectivity index (χ2v) is 5.56. The Balaban J connectivity index is 2.94. The average molecular weight is 383 g/mol. The summed E-state index contributed by atoms with van der Waals surface area (Å²) in [6.07, 6.45) is -0.861. The van der Waals surface area contributed by atoms with Crippen LogP contribution in [0.15, 0.2) is 24.3 Å². The average Bonchev–Trinajstić information content (AvgIpc) is 2.58. The summed E-state index contributed by atoms with van der Waals surface area (Å²) < 4.78 is 22.8. The molecule has 0 saturated heterocycles. The fourth-order valence-corrected chi connectivity index (χ4v) is 2.38. The molecule has 0 aliphatic carbocycles. The molecule has 0 aliphatic rings. The van der Waals surface area contributed by atoms with Gasteiger partial charge in [-0.25, -0.2) is 9.18 Å². The number of aliphatic carboxylic acids is 1. The normalized spacial score (nSPS) is 12.6. The van der Waals surface area contributed by atoms with Gasteiger partial charge in [-0.15, -0.1) is 0 Å². The van der Waals surface area contributed by atoms with Crippen molar-refractivity contribution in [1.82, 2.24) is 5.32 Å². The fourth-order valence-electron chi connectivity index (χ4n) is 2.38. The molecule has 0 bridgehead atoms. The van der Waals surface area contributed by atoms with Crippen LogP contribution in [0.4, 0.5) is 4.39 Å². The van der Waals surface area contributed by atoms with Crippen LogP contribution in [0.5, 0.6) is 0 Å². The van der Waals surface area contributed by atoms with E-state index in [4.69, 9.17) is 9.47 Å². The summed E-state index contributed by atoms with van der Waals surface area (Å²) in [6.45, 7) is 3.12. The Hall–Kier alpha value is -2.97. The molecular weight excluding hydrogens is 361 g/mol. The van der Waals surface area contributed by atoms with Gasteiger partial charge in [-0.2, -0.15) is 0 Å². The van der Waals surface area contributed by atoms with Crippen molar-refractivity contribution in [3.8, 4) is 0 Å². The second-order valence-electron chi connectivity index (χ2n) is 5.56. The summed E-state index contributed by atoms with van der Waals surface area (Å²) in [5, 5.41) is 11.6. The van der Waals surface area contributed by atoms with Gasteiger partial charge in [-0.1, -0.05) is 12.1 Å².